The number of hydrogen-bond donors (Lipinski definition) is 2. The summed E-state index contributed by atoms with van der Waals surface area (Å²) < 4.78 is 6.15. The highest BCUT2D eigenvalue weighted by molar-refractivity contribution is 5.98. The largest absolute Gasteiger partial charge is 0.467 e. The summed E-state index contributed by atoms with van der Waals surface area (Å²) in [6.07, 6.45) is 4.32. The number of nitrogens with one attached hydrogen (secondary N) is 2. The Balaban J connectivity index is 1.39. The summed E-state index contributed by atoms with van der Waals surface area (Å²) in [5.41, 5.74) is 1.43. The maximum absolute atomic E-state index is 12.6. The fourth-order valence-corrected chi connectivity index (χ4v) is 3.78. The Morgan fingerprint density at radius 1 is 1.30 bits per heavy atom. The van der Waals surface area contributed by atoms with Crippen LogP contribution in [-0.2, 0) is 16.1 Å². The maximum Gasteiger partial charge on any atom is 0.258 e. The number of carbonyl (C=O) groups is 3. The lowest BCUT2D eigenvalue weighted by atomic mass is 9.99. The molecule has 0 unspecified atom stereocenters. The van der Waals surface area contributed by atoms with Crippen molar-refractivity contribution in [2.24, 2.45) is 0 Å². The third kappa shape index (κ3) is 4.27. The Bertz CT molecular complexity index is 978. The number of aromatic nitrogens is 1. The Morgan fingerprint density at radius 3 is 2.97 bits per heavy atom. The van der Waals surface area contributed by atoms with Gasteiger partial charge in [-0.1, -0.05) is 17.7 Å². The predicted octanol–water partition coefficient (Wildman–Crippen LogP) is 1.54. The van der Waals surface area contributed by atoms with Crippen molar-refractivity contribution in [1.82, 2.24) is 20.5 Å². The van der Waals surface area contributed by atoms with Crippen molar-refractivity contribution < 1.29 is 19.1 Å². The smallest absolute Gasteiger partial charge is 0.258 e. The molecule has 1 fully saturated rings. The van der Waals surface area contributed by atoms with Gasteiger partial charge in [0.05, 0.1) is 12.1 Å². The van der Waals surface area contributed by atoms with E-state index >= 15 is 0 Å². The quantitative estimate of drug-likeness (QED) is 0.799. The highest BCUT2D eigenvalue weighted by atomic mass is 16.5. The molecule has 1 atom stereocenters. The minimum atomic E-state index is -0.935. The van der Waals surface area contributed by atoms with Gasteiger partial charge in [-0.25, -0.2) is 0 Å². The average molecular weight is 408 g/mol. The zero-order valence-electron chi connectivity index (χ0n) is 16.8. The van der Waals surface area contributed by atoms with Gasteiger partial charge in [-0.2, -0.15) is 0 Å². The van der Waals surface area contributed by atoms with Gasteiger partial charge in [0.2, 0.25) is 11.8 Å². The molecular weight excluding hydrogens is 384 g/mol. The Labute approximate surface area is 174 Å². The standard InChI is InChI=1S/C22H24N4O4/c1-15-4-5-18-17(11-15)21(29)25-22(30-18)7-6-20(28)26(10-8-22)14-19(27)24-13-16-3-2-9-23-12-16/h2-5,9,11-12H,6-8,10,13-14H2,1H3,(H,24,27)(H,25,29)/t22-/m1/s1. The molecule has 3 heterocycles. The first-order chi connectivity index (χ1) is 14.4. The van der Waals surface area contributed by atoms with E-state index in [2.05, 4.69) is 15.6 Å². The molecule has 156 valence electrons. The topological polar surface area (TPSA) is 101 Å². The first-order valence-electron chi connectivity index (χ1n) is 10.00. The van der Waals surface area contributed by atoms with Crippen LogP contribution < -0.4 is 15.4 Å². The number of aryl methyl sites for hydroxylation is 1. The van der Waals surface area contributed by atoms with Crippen LogP contribution in [0.2, 0.25) is 0 Å². The lowest BCUT2D eigenvalue weighted by Gasteiger charge is -2.38. The number of fused-ring (bicyclic) bond motifs is 1. The lowest BCUT2D eigenvalue weighted by molar-refractivity contribution is -0.135. The second-order valence-electron chi connectivity index (χ2n) is 7.75. The summed E-state index contributed by atoms with van der Waals surface area (Å²) in [7, 11) is 0. The molecular formula is C22H24N4O4. The molecule has 2 aliphatic heterocycles. The number of rotatable bonds is 4. The summed E-state index contributed by atoms with van der Waals surface area (Å²) >= 11 is 0. The van der Waals surface area contributed by atoms with E-state index in [0.717, 1.165) is 11.1 Å². The number of ether oxygens (including phenoxy) is 1. The minimum absolute atomic E-state index is 0.0289. The van der Waals surface area contributed by atoms with E-state index in [4.69, 9.17) is 4.74 Å². The van der Waals surface area contributed by atoms with Gasteiger partial charge in [-0.3, -0.25) is 19.4 Å². The third-order valence-electron chi connectivity index (χ3n) is 5.45. The van der Waals surface area contributed by atoms with Crippen molar-refractivity contribution in [3.05, 3.63) is 59.4 Å². The van der Waals surface area contributed by atoms with E-state index in [-0.39, 0.29) is 30.7 Å². The summed E-state index contributed by atoms with van der Waals surface area (Å²) in [5.74, 6) is -0.0388. The van der Waals surface area contributed by atoms with Crippen LogP contribution in [0.1, 0.15) is 40.7 Å². The highest BCUT2D eigenvalue weighted by Crippen LogP contribution is 2.34. The van der Waals surface area contributed by atoms with E-state index in [9.17, 15) is 14.4 Å². The van der Waals surface area contributed by atoms with Gasteiger partial charge >= 0.3 is 0 Å². The zero-order chi connectivity index (χ0) is 21.1. The third-order valence-corrected chi connectivity index (χ3v) is 5.45. The predicted molar refractivity (Wildman–Crippen MR) is 109 cm³/mol. The molecule has 30 heavy (non-hydrogen) atoms. The van der Waals surface area contributed by atoms with Crippen molar-refractivity contribution in [2.75, 3.05) is 13.1 Å². The van der Waals surface area contributed by atoms with Crippen molar-refractivity contribution >= 4 is 17.7 Å². The molecule has 1 aromatic heterocycles. The van der Waals surface area contributed by atoms with Gasteiger partial charge in [0, 0.05) is 44.7 Å². The molecule has 2 aliphatic rings. The first kappa shape index (κ1) is 19.9. The lowest BCUT2D eigenvalue weighted by Crippen LogP contribution is -2.56. The number of nitrogens with zero attached hydrogens (tertiary/aromatic N) is 2. The molecule has 2 N–H and O–H groups in total. The van der Waals surface area contributed by atoms with Crippen molar-refractivity contribution in [1.29, 1.82) is 0 Å². The normalized spacial score (nSPS) is 20.8. The molecule has 0 bridgehead atoms. The fraction of sp³-hybridized carbons (Fsp3) is 0.364. The van der Waals surface area contributed by atoms with Crippen LogP contribution in [0, 0.1) is 6.92 Å². The SMILES string of the molecule is Cc1ccc2c(c1)C(=O)N[C@]1(CCC(=O)N(CC(=O)NCc3cccnc3)CC1)O2. The van der Waals surface area contributed by atoms with E-state index in [0.29, 0.717) is 37.2 Å². The Kier molecular flexibility index (Phi) is 5.39. The van der Waals surface area contributed by atoms with Crippen LogP contribution in [0.5, 0.6) is 5.75 Å². The van der Waals surface area contributed by atoms with Crippen LogP contribution in [0.3, 0.4) is 0 Å². The van der Waals surface area contributed by atoms with Crippen molar-refractivity contribution in [2.45, 2.75) is 38.5 Å². The van der Waals surface area contributed by atoms with Crippen LogP contribution in [0.15, 0.2) is 42.7 Å². The Morgan fingerprint density at radius 2 is 2.17 bits per heavy atom. The van der Waals surface area contributed by atoms with E-state index in [1.54, 1.807) is 30.6 Å². The highest BCUT2D eigenvalue weighted by Gasteiger charge is 2.42. The first-order valence-corrected chi connectivity index (χ1v) is 10.00. The Hall–Kier alpha value is -3.42. The summed E-state index contributed by atoms with van der Waals surface area (Å²) in [6, 6.07) is 9.15. The number of carbonyl (C=O) groups excluding carboxylic acids is 3. The van der Waals surface area contributed by atoms with Gasteiger partial charge in [-0.15, -0.1) is 0 Å². The second kappa shape index (κ2) is 8.14. The number of pyridine rings is 1. The second-order valence-corrected chi connectivity index (χ2v) is 7.75. The van der Waals surface area contributed by atoms with Gasteiger partial charge in [0.1, 0.15) is 5.75 Å². The molecule has 8 nitrogen and oxygen atoms in total. The molecule has 4 rings (SSSR count). The molecule has 1 spiro atoms. The molecule has 0 radical (unpaired) electrons. The van der Waals surface area contributed by atoms with E-state index < -0.39 is 5.72 Å². The summed E-state index contributed by atoms with van der Waals surface area (Å²) in [5, 5.41) is 5.76. The summed E-state index contributed by atoms with van der Waals surface area (Å²) in [6.45, 7) is 2.56. The average Bonchev–Trinajstić information content (AvgIpc) is 2.88. The molecule has 2 aromatic rings. The maximum atomic E-state index is 12.6. The van der Waals surface area contributed by atoms with Gasteiger partial charge in [-0.05, 0) is 30.7 Å². The van der Waals surface area contributed by atoms with Gasteiger partial charge < -0.3 is 20.3 Å². The van der Waals surface area contributed by atoms with E-state index in [1.807, 2.05) is 19.1 Å². The number of amides is 3. The molecule has 1 aromatic carbocycles. The monoisotopic (exact) mass is 408 g/mol. The van der Waals surface area contributed by atoms with E-state index in [1.165, 1.54) is 4.90 Å². The number of likely N-dealkylation sites (tertiary alicyclic amines) is 1. The van der Waals surface area contributed by atoms with Crippen LogP contribution in [0.4, 0.5) is 0 Å². The molecule has 0 aliphatic carbocycles. The van der Waals surface area contributed by atoms with Crippen LogP contribution >= 0.6 is 0 Å². The summed E-state index contributed by atoms with van der Waals surface area (Å²) in [4.78, 5) is 43.1. The van der Waals surface area contributed by atoms with Crippen molar-refractivity contribution in [3.63, 3.8) is 0 Å². The fourth-order valence-electron chi connectivity index (χ4n) is 3.78. The molecule has 1 saturated heterocycles. The van der Waals surface area contributed by atoms with Crippen LogP contribution in [0.25, 0.3) is 0 Å². The van der Waals surface area contributed by atoms with Gasteiger partial charge in [0.25, 0.3) is 5.91 Å². The number of hydrogen-bond acceptors (Lipinski definition) is 5. The molecule has 0 saturated carbocycles. The van der Waals surface area contributed by atoms with Crippen LogP contribution in [-0.4, -0.2) is 46.4 Å². The van der Waals surface area contributed by atoms with Gasteiger partial charge in [0.15, 0.2) is 5.72 Å². The van der Waals surface area contributed by atoms with Crippen molar-refractivity contribution in [3.8, 4) is 5.75 Å². The zero-order valence-corrected chi connectivity index (χ0v) is 16.8. The minimum Gasteiger partial charge on any atom is -0.467 e. The molecule has 8 heteroatoms. The number of benzene rings is 1. The molecule has 3 amide bonds.